The summed E-state index contributed by atoms with van der Waals surface area (Å²) in [4.78, 5) is 13.6. The second kappa shape index (κ2) is 4.37. The first-order valence-electron chi connectivity index (χ1n) is 4.46. The zero-order valence-corrected chi connectivity index (χ0v) is 9.02. The molecule has 0 fully saturated rings. The molecule has 2 N–H and O–H groups in total. The van der Waals surface area contributed by atoms with Gasteiger partial charge in [0, 0.05) is 5.69 Å². The first kappa shape index (κ1) is 10.9. The molecule has 0 saturated heterocycles. The van der Waals surface area contributed by atoms with Crippen LogP contribution in [0.25, 0.3) is 0 Å². The highest BCUT2D eigenvalue weighted by Gasteiger charge is 2.06. The van der Waals surface area contributed by atoms with Gasteiger partial charge in [-0.25, -0.2) is 4.79 Å². The molecule has 0 unspecified atom stereocenters. The average molecular weight is 211 g/mol. The molecular formula is C10H13NO2S. The molecule has 14 heavy (non-hydrogen) atoms. The number of H-pyrrole nitrogens is 1. The van der Waals surface area contributed by atoms with Gasteiger partial charge in [0.05, 0.1) is 5.56 Å². The lowest BCUT2D eigenvalue weighted by molar-refractivity contribution is 0.0696. The summed E-state index contributed by atoms with van der Waals surface area (Å²) in [5.74, 6) is -0.460. The van der Waals surface area contributed by atoms with Crippen molar-refractivity contribution >= 4 is 18.2 Å². The highest BCUT2D eigenvalue weighted by Crippen LogP contribution is 2.08. The maximum Gasteiger partial charge on any atom is 0.338 e. The second-order valence-corrected chi connectivity index (χ2v) is 4.04. The van der Waals surface area contributed by atoms with Gasteiger partial charge in [0.15, 0.2) is 0 Å². The number of nitrogens with one attached hydrogen (secondary N) is 1. The van der Waals surface area contributed by atoms with Gasteiger partial charge in [0.1, 0.15) is 4.64 Å². The smallest absolute Gasteiger partial charge is 0.338 e. The van der Waals surface area contributed by atoms with E-state index in [0.29, 0.717) is 10.6 Å². The van der Waals surface area contributed by atoms with Crippen LogP contribution in [0.2, 0.25) is 0 Å². The van der Waals surface area contributed by atoms with E-state index in [2.05, 4.69) is 18.8 Å². The van der Waals surface area contributed by atoms with E-state index in [4.69, 9.17) is 17.3 Å². The van der Waals surface area contributed by atoms with Gasteiger partial charge < -0.3 is 10.1 Å². The van der Waals surface area contributed by atoms with Crippen LogP contribution in [0.15, 0.2) is 12.1 Å². The van der Waals surface area contributed by atoms with E-state index < -0.39 is 5.97 Å². The van der Waals surface area contributed by atoms with E-state index in [1.807, 2.05) is 0 Å². The molecule has 0 saturated carbocycles. The van der Waals surface area contributed by atoms with Crippen LogP contribution in [0, 0.1) is 10.6 Å². The number of pyridine rings is 1. The zero-order valence-electron chi connectivity index (χ0n) is 8.20. The summed E-state index contributed by atoms with van der Waals surface area (Å²) in [5, 5.41) is 8.75. The van der Waals surface area contributed by atoms with Crippen molar-refractivity contribution in [1.29, 1.82) is 0 Å². The number of aromatic amines is 1. The monoisotopic (exact) mass is 211 g/mol. The van der Waals surface area contributed by atoms with Gasteiger partial charge in [-0.05, 0) is 24.5 Å². The zero-order chi connectivity index (χ0) is 10.7. The van der Waals surface area contributed by atoms with Crippen LogP contribution in [0.1, 0.15) is 29.9 Å². The number of hydrogen-bond donors (Lipinski definition) is 2. The molecule has 4 heteroatoms. The molecule has 3 nitrogen and oxygen atoms in total. The third-order valence-electron chi connectivity index (χ3n) is 1.83. The highest BCUT2D eigenvalue weighted by molar-refractivity contribution is 7.71. The van der Waals surface area contributed by atoms with Gasteiger partial charge in [0.2, 0.25) is 0 Å². The summed E-state index contributed by atoms with van der Waals surface area (Å²) in [6.45, 7) is 4.20. The fourth-order valence-electron chi connectivity index (χ4n) is 1.24. The fraction of sp³-hybridized carbons (Fsp3) is 0.400. The first-order valence-corrected chi connectivity index (χ1v) is 4.87. The number of rotatable bonds is 3. The SMILES string of the molecule is CC(C)Cc1ccc(C(=O)O)c(=S)[nH]1. The lowest BCUT2D eigenvalue weighted by atomic mass is 10.1. The van der Waals surface area contributed by atoms with E-state index in [1.54, 1.807) is 12.1 Å². The molecule has 0 bridgehead atoms. The normalized spacial score (nSPS) is 10.5. The Morgan fingerprint density at radius 1 is 1.57 bits per heavy atom. The predicted molar refractivity (Wildman–Crippen MR) is 57.1 cm³/mol. The number of aromatic nitrogens is 1. The Bertz CT molecular complexity index is 395. The molecule has 1 rings (SSSR count). The van der Waals surface area contributed by atoms with Crippen LogP contribution < -0.4 is 0 Å². The molecule has 0 radical (unpaired) electrons. The highest BCUT2D eigenvalue weighted by atomic mass is 32.1. The molecule has 0 aliphatic heterocycles. The number of hydrogen-bond acceptors (Lipinski definition) is 2. The summed E-state index contributed by atoms with van der Waals surface area (Å²) in [6.07, 6.45) is 0.879. The molecule has 76 valence electrons. The van der Waals surface area contributed by atoms with Crippen molar-refractivity contribution in [1.82, 2.24) is 4.98 Å². The fourth-order valence-corrected chi connectivity index (χ4v) is 1.53. The largest absolute Gasteiger partial charge is 0.478 e. The predicted octanol–water partition coefficient (Wildman–Crippen LogP) is 2.64. The van der Waals surface area contributed by atoms with Crippen LogP contribution in [-0.4, -0.2) is 16.1 Å². The maximum atomic E-state index is 10.7. The molecule has 1 aromatic heterocycles. The molecule has 0 amide bonds. The summed E-state index contributed by atoms with van der Waals surface area (Å²) in [5.41, 5.74) is 1.14. The van der Waals surface area contributed by atoms with Crippen molar-refractivity contribution in [2.24, 2.45) is 5.92 Å². The van der Waals surface area contributed by atoms with E-state index >= 15 is 0 Å². The Morgan fingerprint density at radius 3 is 2.64 bits per heavy atom. The van der Waals surface area contributed by atoms with E-state index in [9.17, 15) is 4.79 Å². The van der Waals surface area contributed by atoms with Gasteiger partial charge >= 0.3 is 5.97 Å². The van der Waals surface area contributed by atoms with Crippen LogP contribution in [-0.2, 0) is 6.42 Å². The van der Waals surface area contributed by atoms with E-state index in [1.165, 1.54) is 0 Å². The minimum absolute atomic E-state index is 0.160. The minimum Gasteiger partial charge on any atom is -0.478 e. The topological polar surface area (TPSA) is 53.1 Å². The number of carboxylic acid groups (broad SMARTS) is 1. The van der Waals surface area contributed by atoms with Gasteiger partial charge in [-0.3, -0.25) is 0 Å². The Balaban J connectivity index is 3.01. The summed E-state index contributed by atoms with van der Waals surface area (Å²) >= 11 is 4.93. The first-order chi connectivity index (χ1) is 6.50. The Hall–Kier alpha value is -1.16. The molecular weight excluding hydrogens is 198 g/mol. The molecule has 0 aliphatic rings. The average Bonchev–Trinajstić information content (AvgIpc) is 2.01. The van der Waals surface area contributed by atoms with Gasteiger partial charge in [-0.15, -0.1) is 0 Å². The van der Waals surface area contributed by atoms with Crippen molar-refractivity contribution < 1.29 is 9.90 Å². The van der Waals surface area contributed by atoms with Crippen LogP contribution in [0.5, 0.6) is 0 Å². The summed E-state index contributed by atoms with van der Waals surface area (Å²) in [7, 11) is 0. The number of carboxylic acids is 1. The summed E-state index contributed by atoms with van der Waals surface area (Å²) in [6, 6.07) is 3.33. The van der Waals surface area contributed by atoms with Gasteiger partial charge in [-0.1, -0.05) is 26.1 Å². The van der Waals surface area contributed by atoms with E-state index in [-0.39, 0.29) is 5.56 Å². The molecule has 0 atom stereocenters. The van der Waals surface area contributed by atoms with Crippen molar-refractivity contribution in [3.05, 3.63) is 28.0 Å². The third-order valence-corrected chi connectivity index (χ3v) is 2.15. The standard InChI is InChI=1S/C10H13NO2S/c1-6(2)5-7-3-4-8(10(12)13)9(14)11-7/h3-4,6H,5H2,1-2H3,(H,11,14)(H,12,13). The Morgan fingerprint density at radius 2 is 2.21 bits per heavy atom. The van der Waals surface area contributed by atoms with E-state index in [0.717, 1.165) is 12.1 Å². The third kappa shape index (κ3) is 2.67. The van der Waals surface area contributed by atoms with Gasteiger partial charge in [-0.2, -0.15) is 0 Å². The number of aromatic carboxylic acids is 1. The minimum atomic E-state index is -0.984. The molecule has 0 spiro atoms. The van der Waals surface area contributed by atoms with Crippen molar-refractivity contribution in [2.45, 2.75) is 20.3 Å². The molecule has 1 aromatic rings. The number of carbonyl (C=O) groups is 1. The van der Waals surface area contributed by atoms with Crippen LogP contribution >= 0.6 is 12.2 Å². The van der Waals surface area contributed by atoms with Gasteiger partial charge in [0.25, 0.3) is 0 Å². The lowest BCUT2D eigenvalue weighted by Gasteiger charge is -2.05. The Labute approximate surface area is 87.8 Å². The molecule has 1 heterocycles. The molecule has 0 aromatic carbocycles. The van der Waals surface area contributed by atoms with Crippen LogP contribution in [0.3, 0.4) is 0 Å². The van der Waals surface area contributed by atoms with Crippen molar-refractivity contribution in [3.63, 3.8) is 0 Å². The van der Waals surface area contributed by atoms with Crippen molar-refractivity contribution in [2.75, 3.05) is 0 Å². The quantitative estimate of drug-likeness (QED) is 0.756. The van der Waals surface area contributed by atoms with Crippen LogP contribution in [0.4, 0.5) is 0 Å². The maximum absolute atomic E-state index is 10.7. The molecule has 0 aliphatic carbocycles. The summed E-state index contributed by atoms with van der Waals surface area (Å²) < 4.78 is 0.302. The van der Waals surface area contributed by atoms with Crippen molar-refractivity contribution in [3.8, 4) is 0 Å². The second-order valence-electron chi connectivity index (χ2n) is 3.63. The Kier molecular flexibility index (Phi) is 3.41. The lowest BCUT2D eigenvalue weighted by Crippen LogP contribution is -2.03.